The molecule has 18 nitrogen and oxygen atoms in total. The van der Waals surface area contributed by atoms with Gasteiger partial charge in [-0.2, -0.15) is 8.42 Å². The molecule has 0 bridgehead atoms. The van der Waals surface area contributed by atoms with Crippen LogP contribution < -0.4 is 5.32 Å². The number of carbonyl (C=O) groups is 1. The van der Waals surface area contributed by atoms with E-state index in [-0.39, 0.29) is 0 Å². The van der Waals surface area contributed by atoms with Crippen LogP contribution in [0.3, 0.4) is 0 Å². The lowest BCUT2D eigenvalue weighted by Crippen LogP contribution is -2.66. The van der Waals surface area contributed by atoms with E-state index in [1.54, 1.807) is 0 Å². The van der Waals surface area contributed by atoms with Gasteiger partial charge in [0, 0.05) is 6.92 Å². The highest BCUT2D eigenvalue weighted by molar-refractivity contribution is 7.85. The molecule has 11 N–H and O–H groups in total. The van der Waals surface area contributed by atoms with Crippen LogP contribution in [-0.2, 0) is 33.9 Å². The average Bonchev–Trinajstić information content (AvgIpc) is 2.86. The van der Waals surface area contributed by atoms with Crippen molar-refractivity contribution in [1.29, 1.82) is 0 Å². The molecule has 14 atom stereocenters. The molecule has 0 radical (unpaired) electrons. The van der Waals surface area contributed by atoms with Gasteiger partial charge < -0.3 is 70.2 Å². The molecule has 230 valence electrons. The molecule has 0 aromatic rings. The lowest BCUT2D eigenvalue weighted by Gasteiger charge is -2.47. The molecular weight excluding hydrogens is 558 g/mol. The maximum Gasteiger partial charge on any atom is 0.267 e. The third-order valence-electron chi connectivity index (χ3n) is 6.31. The molecule has 0 saturated carbocycles. The number of amides is 1. The zero-order valence-electron chi connectivity index (χ0n) is 20.9. The van der Waals surface area contributed by atoms with Crippen molar-refractivity contribution < 1.29 is 82.7 Å². The summed E-state index contributed by atoms with van der Waals surface area (Å²) in [7, 11) is -4.81. The van der Waals surface area contributed by atoms with Gasteiger partial charge in [0.05, 0.1) is 25.4 Å². The van der Waals surface area contributed by atoms with Crippen LogP contribution in [-0.4, -0.2) is 170 Å². The molecular formula is C20H37NO17S. The van der Waals surface area contributed by atoms with E-state index in [4.69, 9.17) is 18.9 Å². The second kappa shape index (κ2) is 14.2. The minimum Gasteiger partial charge on any atom is -0.394 e. The Balaban J connectivity index is 2.47. The van der Waals surface area contributed by atoms with Crippen molar-refractivity contribution in [2.75, 3.05) is 19.0 Å². The summed E-state index contributed by atoms with van der Waals surface area (Å²) in [5.74, 6) is -1.99. The fourth-order valence-electron chi connectivity index (χ4n) is 4.17. The predicted octanol–water partition coefficient (Wildman–Crippen LogP) is -6.87. The molecule has 0 aromatic heterocycles. The van der Waals surface area contributed by atoms with Crippen LogP contribution in [0.25, 0.3) is 0 Å². The summed E-state index contributed by atoms with van der Waals surface area (Å²) in [6.07, 6.45) is -24.0. The maximum atomic E-state index is 11.6. The standard InChI is InChI=1S/C20H37NO17S/c1-6-11(26)14(29)16(31)19(35-6)38-18-15(30)13(28)10(5-39(32,33)34)36-20(18)37-17(12(27)9(25)4-23)8(3-22)21-7(2)24/h6,8-20,22-23,25-31H,3-5H2,1-2H3,(H,21,24)(H,32,33,34)/t6-,8-,9+,10+,11+,12+,13-,14+,15-,16-,17+,18+,19-,20-/m0/s1. The van der Waals surface area contributed by atoms with E-state index in [1.165, 1.54) is 6.92 Å². The number of ether oxygens (including phenoxy) is 4. The first-order valence-corrected chi connectivity index (χ1v) is 13.5. The summed E-state index contributed by atoms with van der Waals surface area (Å²) >= 11 is 0. The van der Waals surface area contributed by atoms with Crippen molar-refractivity contribution in [2.24, 2.45) is 0 Å². The van der Waals surface area contributed by atoms with Gasteiger partial charge in [-0.05, 0) is 6.92 Å². The van der Waals surface area contributed by atoms with Gasteiger partial charge in [-0.15, -0.1) is 0 Å². The second-order valence-corrected chi connectivity index (χ2v) is 10.9. The average molecular weight is 596 g/mol. The van der Waals surface area contributed by atoms with Crippen molar-refractivity contribution in [3.05, 3.63) is 0 Å². The van der Waals surface area contributed by atoms with Crippen LogP contribution in [0.4, 0.5) is 0 Å². The second-order valence-electron chi connectivity index (χ2n) is 9.39. The lowest BCUT2D eigenvalue weighted by molar-refractivity contribution is -0.370. The van der Waals surface area contributed by atoms with Gasteiger partial charge in [0.2, 0.25) is 5.91 Å². The molecule has 0 aromatic carbocycles. The number of nitrogens with one attached hydrogen (secondary N) is 1. The number of aliphatic hydroxyl groups is 9. The largest absolute Gasteiger partial charge is 0.394 e. The van der Waals surface area contributed by atoms with Crippen LogP contribution in [0, 0.1) is 0 Å². The van der Waals surface area contributed by atoms with E-state index >= 15 is 0 Å². The predicted molar refractivity (Wildman–Crippen MR) is 123 cm³/mol. The summed E-state index contributed by atoms with van der Waals surface area (Å²) in [6, 6.07) is -1.50. The fraction of sp³-hybridized carbons (Fsp3) is 0.950. The molecule has 2 rings (SSSR count). The zero-order chi connectivity index (χ0) is 29.8. The highest BCUT2D eigenvalue weighted by atomic mass is 32.2. The van der Waals surface area contributed by atoms with Gasteiger partial charge in [0.1, 0.15) is 66.8 Å². The van der Waals surface area contributed by atoms with E-state index in [0.717, 1.165) is 6.92 Å². The van der Waals surface area contributed by atoms with Gasteiger partial charge in [-0.25, -0.2) is 0 Å². The number of hydrogen-bond acceptors (Lipinski definition) is 16. The Morgan fingerprint density at radius 3 is 2.05 bits per heavy atom. The van der Waals surface area contributed by atoms with Crippen LogP contribution in [0.2, 0.25) is 0 Å². The van der Waals surface area contributed by atoms with Crippen molar-refractivity contribution >= 4 is 16.0 Å². The topological polar surface area (TPSA) is 302 Å². The zero-order valence-corrected chi connectivity index (χ0v) is 21.8. The Hall–Kier alpha value is -1.14. The molecule has 0 aliphatic carbocycles. The Kier molecular flexibility index (Phi) is 12.4. The SMILES string of the molecule is CC(=O)N[C@@H](CO)[C@@H](O[C@@H]1O[C@H](CS(=O)(=O)O)[C@H](O)[C@H](O)[C@H]1O[C@@H]1O[C@@H](C)[C@@H](O)[C@@H](O)[C@@H]1O)[C@H](O)[C@H](O)CO. The van der Waals surface area contributed by atoms with Gasteiger partial charge >= 0.3 is 0 Å². The lowest BCUT2D eigenvalue weighted by atomic mass is 9.97. The Bertz CT molecular complexity index is 893. The first-order valence-electron chi connectivity index (χ1n) is 11.8. The van der Waals surface area contributed by atoms with Crippen LogP contribution >= 0.6 is 0 Å². The monoisotopic (exact) mass is 595 g/mol. The summed E-state index contributed by atoms with van der Waals surface area (Å²) in [4.78, 5) is 11.6. The molecule has 0 unspecified atom stereocenters. The van der Waals surface area contributed by atoms with E-state index in [0.29, 0.717) is 0 Å². The van der Waals surface area contributed by atoms with Crippen LogP contribution in [0.15, 0.2) is 0 Å². The van der Waals surface area contributed by atoms with Gasteiger partial charge in [-0.3, -0.25) is 9.35 Å². The molecule has 2 aliphatic heterocycles. The fourth-order valence-corrected chi connectivity index (χ4v) is 4.86. The molecule has 2 heterocycles. The molecule has 2 fully saturated rings. The smallest absolute Gasteiger partial charge is 0.267 e. The van der Waals surface area contributed by atoms with E-state index in [9.17, 15) is 63.7 Å². The Morgan fingerprint density at radius 1 is 0.923 bits per heavy atom. The van der Waals surface area contributed by atoms with Gasteiger partial charge in [0.15, 0.2) is 12.6 Å². The van der Waals surface area contributed by atoms with E-state index in [1.807, 2.05) is 0 Å². The number of rotatable bonds is 12. The van der Waals surface area contributed by atoms with Crippen LogP contribution in [0.1, 0.15) is 13.8 Å². The molecule has 39 heavy (non-hydrogen) atoms. The number of hydrogen-bond donors (Lipinski definition) is 11. The first kappa shape index (κ1) is 34.1. The van der Waals surface area contributed by atoms with Gasteiger partial charge in [0.25, 0.3) is 10.1 Å². The Labute approximate surface area is 223 Å². The third-order valence-corrected chi connectivity index (χ3v) is 7.06. The molecule has 2 aliphatic rings. The first-order chi connectivity index (χ1) is 18.0. The Morgan fingerprint density at radius 2 is 1.54 bits per heavy atom. The van der Waals surface area contributed by atoms with E-state index in [2.05, 4.69) is 5.32 Å². The summed E-state index contributed by atoms with van der Waals surface area (Å²) < 4.78 is 54.0. The van der Waals surface area contributed by atoms with Crippen molar-refractivity contribution in [3.63, 3.8) is 0 Å². The molecule has 19 heteroatoms. The highest BCUT2D eigenvalue weighted by Gasteiger charge is 2.52. The quantitative estimate of drug-likeness (QED) is 0.0934. The van der Waals surface area contributed by atoms with Crippen LogP contribution in [0.5, 0.6) is 0 Å². The summed E-state index contributed by atoms with van der Waals surface area (Å²) in [5, 5.41) is 93.5. The highest BCUT2D eigenvalue weighted by Crippen LogP contribution is 2.31. The summed E-state index contributed by atoms with van der Waals surface area (Å²) in [6.45, 7) is 0.431. The molecule has 1 amide bonds. The molecule has 2 saturated heterocycles. The minimum absolute atomic E-state index is 0.731. The van der Waals surface area contributed by atoms with E-state index < -0.39 is 121 Å². The minimum atomic E-state index is -4.81. The summed E-state index contributed by atoms with van der Waals surface area (Å²) in [5.41, 5.74) is 0. The van der Waals surface area contributed by atoms with Crippen molar-refractivity contribution in [3.8, 4) is 0 Å². The van der Waals surface area contributed by atoms with Gasteiger partial charge in [-0.1, -0.05) is 0 Å². The number of aliphatic hydroxyl groups excluding tert-OH is 9. The number of carbonyl (C=O) groups excluding carboxylic acids is 1. The van der Waals surface area contributed by atoms with Crippen molar-refractivity contribution in [2.45, 2.75) is 99.6 Å². The maximum absolute atomic E-state index is 11.6. The molecule has 0 spiro atoms. The normalized spacial score (nSPS) is 39.0. The van der Waals surface area contributed by atoms with Crippen molar-refractivity contribution in [1.82, 2.24) is 5.32 Å². The third kappa shape index (κ3) is 8.67.